The Kier molecular flexibility index (Phi) is 6.52. The van der Waals surface area contributed by atoms with Gasteiger partial charge in [-0.2, -0.15) is 0 Å². The number of aliphatic carboxylic acids is 1. The molecule has 0 atom stereocenters. The predicted molar refractivity (Wildman–Crippen MR) is 60.0 cm³/mol. The van der Waals surface area contributed by atoms with Crippen LogP contribution in [0.15, 0.2) is 0 Å². The molecule has 4 heteroatoms. The van der Waals surface area contributed by atoms with Crippen molar-refractivity contribution >= 4 is 5.97 Å². The Bertz CT molecular complexity index is 192. The second kappa shape index (κ2) is 6.80. The highest BCUT2D eigenvalue weighted by molar-refractivity contribution is 5.73. The van der Waals surface area contributed by atoms with E-state index < -0.39 is 11.4 Å². The second-order valence-corrected chi connectivity index (χ2v) is 4.44. The maximum Gasteiger partial charge on any atom is 0.309 e. The third-order valence-electron chi connectivity index (χ3n) is 2.52. The molecule has 0 aromatic heterocycles. The molecule has 0 aliphatic carbocycles. The Labute approximate surface area is 92.2 Å². The van der Waals surface area contributed by atoms with Gasteiger partial charge in [-0.15, -0.1) is 0 Å². The van der Waals surface area contributed by atoms with Gasteiger partial charge in [0.15, 0.2) is 0 Å². The number of nitrogens with zero attached hydrogens (tertiary/aromatic N) is 1. The van der Waals surface area contributed by atoms with Gasteiger partial charge in [0.25, 0.3) is 0 Å². The summed E-state index contributed by atoms with van der Waals surface area (Å²) in [5.41, 5.74) is -0.639. The van der Waals surface area contributed by atoms with Crippen LogP contribution in [0.5, 0.6) is 0 Å². The molecule has 0 amide bonds. The van der Waals surface area contributed by atoms with Gasteiger partial charge in [0, 0.05) is 13.2 Å². The summed E-state index contributed by atoms with van der Waals surface area (Å²) in [5, 5.41) is 8.93. The lowest BCUT2D eigenvalue weighted by Crippen LogP contribution is -2.31. The lowest BCUT2D eigenvalue weighted by atomic mass is 9.89. The standard InChI is InChI=1S/C11H23NO3/c1-5-15-9-8-12(4)7-6-11(2,3)10(13)14/h5-9H2,1-4H3,(H,13,14). The Morgan fingerprint density at radius 3 is 2.47 bits per heavy atom. The summed E-state index contributed by atoms with van der Waals surface area (Å²) in [4.78, 5) is 12.9. The summed E-state index contributed by atoms with van der Waals surface area (Å²) in [6, 6.07) is 0. The summed E-state index contributed by atoms with van der Waals surface area (Å²) >= 11 is 0. The molecule has 0 aromatic rings. The number of likely N-dealkylation sites (N-methyl/N-ethyl adjacent to an activating group) is 1. The van der Waals surface area contributed by atoms with Crippen LogP contribution in [0, 0.1) is 5.41 Å². The maximum atomic E-state index is 10.9. The van der Waals surface area contributed by atoms with Gasteiger partial charge in [0.05, 0.1) is 12.0 Å². The van der Waals surface area contributed by atoms with Crippen LogP contribution in [0.1, 0.15) is 27.2 Å². The van der Waals surface area contributed by atoms with E-state index in [2.05, 4.69) is 4.90 Å². The fraction of sp³-hybridized carbons (Fsp3) is 0.909. The molecular weight excluding hydrogens is 194 g/mol. The number of carboxylic acids is 1. The van der Waals surface area contributed by atoms with Crippen molar-refractivity contribution in [2.24, 2.45) is 5.41 Å². The first-order valence-corrected chi connectivity index (χ1v) is 5.40. The first kappa shape index (κ1) is 14.4. The summed E-state index contributed by atoms with van der Waals surface area (Å²) in [5.74, 6) is -0.735. The lowest BCUT2D eigenvalue weighted by molar-refractivity contribution is -0.147. The van der Waals surface area contributed by atoms with Gasteiger partial charge in [0.2, 0.25) is 0 Å². The van der Waals surface area contributed by atoms with Crippen molar-refractivity contribution in [1.29, 1.82) is 0 Å². The number of carbonyl (C=O) groups is 1. The summed E-state index contributed by atoms with van der Waals surface area (Å²) in [6.45, 7) is 8.55. The van der Waals surface area contributed by atoms with E-state index in [-0.39, 0.29) is 0 Å². The van der Waals surface area contributed by atoms with E-state index in [0.717, 1.165) is 19.7 Å². The third kappa shape index (κ3) is 6.47. The van der Waals surface area contributed by atoms with Gasteiger partial charge in [-0.25, -0.2) is 0 Å². The molecule has 15 heavy (non-hydrogen) atoms. The number of rotatable bonds is 8. The Morgan fingerprint density at radius 1 is 1.40 bits per heavy atom. The fourth-order valence-electron chi connectivity index (χ4n) is 1.05. The van der Waals surface area contributed by atoms with Crippen molar-refractivity contribution in [3.05, 3.63) is 0 Å². The minimum Gasteiger partial charge on any atom is -0.481 e. The average molecular weight is 217 g/mol. The van der Waals surface area contributed by atoms with Crippen LogP contribution in [0.4, 0.5) is 0 Å². The zero-order valence-corrected chi connectivity index (χ0v) is 10.2. The number of carboxylic acid groups (broad SMARTS) is 1. The largest absolute Gasteiger partial charge is 0.481 e. The normalized spacial score (nSPS) is 12.1. The molecule has 0 fully saturated rings. The van der Waals surface area contributed by atoms with E-state index in [1.807, 2.05) is 14.0 Å². The zero-order valence-electron chi connectivity index (χ0n) is 10.2. The molecule has 0 unspecified atom stereocenters. The van der Waals surface area contributed by atoms with Gasteiger partial charge >= 0.3 is 5.97 Å². The van der Waals surface area contributed by atoms with Crippen molar-refractivity contribution in [2.45, 2.75) is 27.2 Å². The number of ether oxygens (including phenoxy) is 1. The van der Waals surface area contributed by atoms with Crippen LogP contribution in [0.2, 0.25) is 0 Å². The zero-order chi connectivity index (χ0) is 11.9. The van der Waals surface area contributed by atoms with E-state index >= 15 is 0 Å². The summed E-state index contributed by atoms with van der Waals surface area (Å²) in [6.07, 6.45) is 0.658. The average Bonchev–Trinajstić information content (AvgIpc) is 2.15. The molecule has 0 bridgehead atoms. The molecule has 0 radical (unpaired) electrons. The fourth-order valence-corrected chi connectivity index (χ4v) is 1.05. The predicted octanol–water partition coefficient (Wildman–Crippen LogP) is 1.46. The molecule has 1 N–H and O–H groups in total. The van der Waals surface area contributed by atoms with Gasteiger partial charge in [-0.3, -0.25) is 4.79 Å². The molecule has 4 nitrogen and oxygen atoms in total. The number of hydrogen-bond donors (Lipinski definition) is 1. The first-order valence-electron chi connectivity index (χ1n) is 5.40. The minimum atomic E-state index is -0.735. The molecule has 0 rings (SSSR count). The van der Waals surface area contributed by atoms with Crippen molar-refractivity contribution in [2.75, 3.05) is 33.4 Å². The highest BCUT2D eigenvalue weighted by Crippen LogP contribution is 2.20. The van der Waals surface area contributed by atoms with Crippen molar-refractivity contribution in [1.82, 2.24) is 4.90 Å². The Balaban J connectivity index is 3.70. The smallest absolute Gasteiger partial charge is 0.309 e. The van der Waals surface area contributed by atoms with Crippen LogP contribution in [0.3, 0.4) is 0 Å². The molecule has 0 spiro atoms. The van der Waals surface area contributed by atoms with Gasteiger partial charge < -0.3 is 14.7 Å². The molecule has 0 saturated carbocycles. The lowest BCUT2D eigenvalue weighted by Gasteiger charge is -2.23. The monoisotopic (exact) mass is 217 g/mol. The highest BCUT2D eigenvalue weighted by atomic mass is 16.5. The molecule has 0 heterocycles. The van der Waals surface area contributed by atoms with Crippen molar-refractivity contribution < 1.29 is 14.6 Å². The molecule has 0 aliphatic heterocycles. The van der Waals surface area contributed by atoms with Crippen LogP contribution < -0.4 is 0 Å². The second-order valence-electron chi connectivity index (χ2n) is 4.44. The van der Waals surface area contributed by atoms with Crippen molar-refractivity contribution in [3.63, 3.8) is 0 Å². The summed E-state index contributed by atoms with van der Waals surface area (Å²) in [7, 11) is 1.98. The third-order valence-corrected chi connectivity index (χ3v) is 2.52. The first-order chi connectivity index (χ1) is 6.90. The van der Waals surface area contributed by atoms with E-state index in [0.29, 0.717) is 13.0 Å². The summed E-state index contributed by atoms with van der Waals surface area (Å²) < 4.78 is 5.23. The molecule has 0 saturated heterocycles. The van der Waals surface area contributed by atoms with Gasteiger partial charge in [0.1, 0.15) is 0 Å². The van der Waals surface area contributed by atoms with Gasteiger partial charge in [-0.05, 0) is 40.8 Å². The number of hydrogen-bond acceptors (Lipinski definition) is 3. The van der Waals surface area contributed by atoms with Crippen LogP contribution in [0.25, 0.3) is 0 Å². The molecular formula is C11H23NO3. The quantitative estimate of drug-likeness (QED) is 0.625. The van der Waals surface area contributed by atoms with E-state index in [1.165, 1.54) is 0 Å². The highest BCUT2D eigenvalue weighted by Gasteiger charge is 2.26. The molecule has 0 aromatic carbocycles. The SMILES string of the molecule is CCOCCN(C)CCC(C)(C)C(=O)O. The van der Waals surface area contributed by atoms with E-state index in [9.17, 15) is 4.79 Å². The van der Waals surface area contributed by atoms with Crippen LogP contribution >= 0.6 is 0 Å². The maximum absolute atomic E-state index is 10.9. The van der Waals surface area contributed by atoms with Crippen molar-refractivity contribution in [3.8, 4) is 0 Å². The molecule has 90 valence electrons. The van der Waals surface area contributed by atoms with Gasteiger partial charge in [-0.1, -0.05) is 0 Å². The van der Waals surface area contributed by atoms with E-state index in [4.69, 9.17) is 9.84 Å². The topological polar surface area (TPSA) is 49.8 Å². The Morgan fingerprint density at radius 2 is 2.00 bits per heavy atom. The van der Waals surface area contributed by atoms with Crippen LogP contribution in [-0.4, -0.2) is 49.3 Å². The Hall–Kier alpha value is -0.610. The van der Waals surface area contributed by atoms with E-state index in [1.54, 1.807) is 13.8 Å². The van der Waals surface area contributed by atoms with Crippen LogP contribution in [-0.2, 0) is 9.53 Å². The molecule has 0 aliphatic rings. The minimum absolute atomic E-state index is 0.639.